The van der Waals surface area contributed by atoms with Crippen molar-refractivity contribution in [1.29, 1.82) is 0 Å². The van der Waals surface area contributed by atoms with Crippen molar-refractivity contribution >= 4 is 50.3 Å². The van der Waals surface area contributed by atoms with E-state index in [1.807, 2.05) is 0 Å². The Bertz CT molecular complexity index is 1970. The van der Waals surface area contributed by atoms with Gasteiger partial charge in [0.05, 0.1) is 5.69 Å². The molecule has 0 bridgehead atoms. The summed E-state index contributed by atoms with van der Waals surface area (Å²) in [5.74, 6) is 0.237. The Hall–Kier alpha value is -5.14. The van der Waals surface area contributed by atoms with Crippen molar-refractivity contribution in [2.75, 3.05) is 4.90 Å². The van der Waals surface area contributed by atoms with E-state index < -0.39 is 0 Å². The van der Waals surface area contributed by atoms with Crippen molar-refractivity contribution in [2.24, 2.45) is 0 Å². The van der Waals surface area contributed by atoms with Crippen LogP contribution in [0.4, 0.5) is 17.1 Å². The highest BCUT2D eigenvalue weighted by molar-refractivity contribution is 6.04. The summed E-state index contributed by atoms with van der Waals surface area (Å²) in [6.07, 6.45) is 12.8. The van der Waals surface area contributed by atoms with Crippen molar-refractivity contribution in [3.05, 3.63) is 174 Å². The van der Waals surface area contributed by atoms with Crippen LogP contribution in [-0.4, -0.2) is 0 Å². The fourth-order valence-electron chi connectivity index (χ4n) is 6.62. The van der Waals surface area contributed by atoms with E-state index in [9.17, 15) is 0 Å². The van der Waals surface area contributed by atoms with E-state index in [0.717, 1.165) is 17.8 Å². The zero-order chi connectivity index (χ0) is 27.2. The molecule has 0 radical (unpaired) electrons. The van der Waals surface area contributed by atoms with Crippen LogP contribution < -0.4 is 4.90 Å². The van der Waals surface area contributed by atoms with Crippen molar-refractivity contribution in [3.8, 4) is 0 Å². The molecule has 41 heavy (non-hydrogen) atoms. The molecule has 2 aliphatic rings. The standard InChI is InChI=1S/C40H29N/c1-3-12-33(13-4-1)41(34-14-5-2-6-15-34)38-27-25-28(35-16-7-8-17-37(35)38)18-19-29-20-21-32-23-22-30-10-9-11-31-24-26-36(29)40(32)39(30)31/h1-21,23-27,29H,22H2. The SMILES string of the molecule is C1=CC(C=Cc2ccc(N(c3ccccc3)c3ccccc3)c3ccccc23)c2ccc3cccc4c3c2C1=CC4. The first-order chi connectivity index (χ1) is 20.3. The maximum absolute atomic E-state index is 2.38. The van der Waals surface area contributed by atoms with Gasteiger partial charge in [-0.25, -0.2) is 0 Å². The molecule has 0 amide bonds. The van der Waals surface area contributed by atoms with Crippen molar-refractivity contribution < 1.29 is 0 Å². The average molecular weight is 524 g/mol. The van der Waals surface area contributed by atoms with Gasteiger partial charge < -0.3 is 4.90 Å². The van der Waals surface area contributed by atoms with Crippen molar-refractivity contribution in [3.63, 3.8) is 0 Å². The van der Waals surface area contributed by atoms with Crippen molar-refractivity contribution in [1.82, 2.24) is 0 Å². The predicted octanol–water partition coefficient (Wildman–Crippen LogP) is 10.8. The number of hydrogen-bond donors (Lipinski definition) is 0. The third-order valence-electron chi connectivity index (χ3n) is 8.52. The molecule has 0 aliphatic heterocycles. The van der Waals surface area contributed by atoms with Crippen LogP contribution in [0.15, 0.2) is 152 Å². The summed E-state index contributed by atoms with van der Waals surface area (Å²) in [6, 6.07) is 45.9. The number of benzene rings is 6. The number of allylic oxidation sites excluding steroid dienone is 5. The smallest absolute Gasteiger partial charge is 0.0540 e. The molecule has 6 aromatic rings. The molecule has 2 aliphatic carbocycles. The van der Waals surface area contributed by atoms with E-state index in [4.69, 9.17) is 0 Å². The molecule has 8 rings (SSSR count). The van der Waals surface area contributed by atoms with Gasteiger partial charge in [0.2, 0.25) is 0 Å². The monoisotopic (exact) mass is 523 g/mol. The Kier molecular flexibility index (Phi) is 5.67. The number of nitrogens with zero attached hydrogens (tertiary/aromatic N) is 1. The lowest BCUT2D eigenvalue weighted by Crippen LogP contribution is -2.10. The van der Waals surface area contributed by atoms with Gasteiger partial charge in [0.1, 0.15) is 0 Å². The molecule has 1 atom stereocenters. The lowest BCUT2D eigenvalue weighted by Gasteiger charge is -2.27. The molecule has 0 saturated heterocycles. The molecule has 1 heteroatoms. The van der Waals surface area contributed by atoms with Crippen molar-refractivity contribution in [2.45, 2.75) is 12.3 Å². The lowest BCUT2D eigenvalue weighted by atomic mass is 9.78. The highest BCUT2D eigenvalue weighted by Crippen LogP contribution is 2.44. The fraction of sp³-hybridized carbons (Fsp3) is 0.0500. The highest BCUT2D eigenvalue weighted by atomic mass is 15.1. The molecule has 0 aromatic heterocycles. The fourth-order valence-corrected chi connectivity index (χ4v) is 6.62. The molecule has 1 nitrogen and oxygen atoms in total. The Labute approximate surface area is 241 Å². The minimum Gasteiger partial charge on any atom is -0.310 e. The predicted molar refractivity (Wildman–Crippen MR) is 175 cm³/mol. The molecule has 0 fully saturated rings. The largest absolute Gasteiger partial charge is 0.310 e. The van der Waals surface area contributed by atoms with Gasteiger partial charge in [0, 0.05) is 22.7 Å². The van der Waals surface area contributed by atoms with Gasteiger partial charge in [0.15, 0.2) is 0 Å². The Morgan fingerprint density at radius 3 is 2.15 bits per heavy atom. The molecule has 0 saturated carbocycles. The van der Waals surface area contributed by atoms with E-state index in [0.29, 0.717) is 0 Å². The lowest BCUT2D eigenvalue weighted by molar-refractivity contribution is 1.06. The Balaban J connectivity index is 1.23. The van der Waals surface area contributed by atoms with Crippen LogP contribution in [0.2, 0.25) is 0 Å². The van der Waals surface area contributed by atoms with Crippen LogP contribution in [0, 0.1) is 0 Å². The summed E-state index contributed by atoms with van der Waals surface area (Å²) in [5, 5.41) is 5.26. The van der Waals surface area contributed by atoms with E-state index in [2.05, 4.69) is 163 Å². The summed E-state index contributed by atoms with van der Waals surface area (Å²) in [4.78, 5) is 2.35. The molecular weight excluding hydrogens is 494 g/mol. The second-order valence-electron chi connectivity index (χ2n) is 10.9. The molecule has 1 unspecified atom stereocenters. The molecule has 0 heterocycles. The first-order valence-corrected chi connectivity index (χ1v) is 14.4. The van der Waals surface area contributed by atoms with Crippen LogP contribution in [0.1, 0.15) is 28.2 Å². The van der Waals surface area contributed by atoms with Gasteiger partial charge in [-0.2, -0.15) is 0 Å². The van der Waals surface area contributed by atoms with E-state index in [-0.39, 0.29) is 5.92 Å². The third-order valence-corrected chi connectivity index (χ3v) is 8.52. The molecule has 0 spiro atoms. The average Bonchev–Trinajstić information content (AvgIpc) is 3.04. The van der Waals surface area contributed by atoms with Gasteiger partial charge >= 0.3 is 0 Å². The van der Waals surface area contributed by atoms with Crippen LogP contribution in [-0.2, 0) is 6.42 Å². The molecule has 194 valence electrons. The van der Waals surface area contributed by atoms with Gasteiger partial charge in [-0.3, -0.25) is 0 Å². The quantitative estimate of drug-likeness (QED) is 0.217. The molecule has 6 aromatic carbocycles. The van der Waals surface area contributed by atoms with Crippen LogP contribution >= 0.6 is 0 Å². The zero-order valence-corrected chi connectivity index (χ0v) is 22.7. The number of fused-ring (bicyclic) bond motifs is 1. The third kappa shape index (κ3) is 4.01. The number of rotatable bonds is 5. The topological polar surface area (TPSA) is 3.24 Å². The minimum absolute atomic E-state index is 0.237. The Morgan fingerprint density at radius 2 is 1.37 bits per heavy atom. The second kappa shape index (κ2) is 9.80. The summed E-state index contributed by atoms with van der Waals surface area (Å²) >= 11 is 0. The summed E-state index contributed by atoms with van der Waals surface area (Å²) < 4.78 is 0. The highest BCUT2D eigenvalue weighted by Gasteiger charge is 2.23. The van der Waals surface area contributed by atoms with E-state index in [1.165, 1.54) is 55.1 Å². The van der Waals surface area contributed by atoms with E-state index in [1.54, 1.807) is 0 Å². The first-order valence-electron chi connectivity index (χ1n) is 14.4. The maximum Gasteiger partial charge on any atom is 0.0540 e. The van der Waals surface area contributed by atoms with E-state index >= 15 is 0 Å². The first kappa shape index (κ1) is 23.7. The van der Waals surface area contributed by atoms with Crippen LogP contribution in [0.5, 0.6) is 0 Å². The molecule has 0 N–H and O–H groups in total. The maximum atomic E-state index is 2.38. The number of hydrogen-bond acceptors (Lipinski definition) is 1. The van der Waals surface area contributed by atoms with Gasteiger partial charge in [0.25, 0.3) is 0 Å². The van der Waals surface area contributed by atoms with Crippen LogP contribution in [0.25, 0.3) is 33.2 Å². The normalized spacial score (nSPS) is 15.4. The zero-order valence-electron chi connectivity index (χ0n) is 22.7. The summed E-state index contributed by atoms with van der Waals surface area (Å²) in [5.41, 5.74) is 10.3. The summed E-state index contributed by atoms with van der Waals surface area (Å²) in [6.45, 7) is 0. The van der Waals surface area contributed by atoms with Gasteiger partial charge in [-0.05, 0) is 80.7 Å². The van der Waals surface area contributed by atoms with Crippen LogP contribution in [0.3, 0.4) is 0 Å². The second-order valence-corrected chi connectivity index (χ2v) is 10.9. The number of para-hydroxylation sites is 2. The summed E-state index contributed by atoms with van der Waals surface area (Å²) in [7, 11) is 0. The van der Waals surface area contributed by atoms with Gasteiger partial charge in [-0.1, -0.05) is 127 Å². The number of anilines is 3. The molecular formula is C40H29N. The Morgan fingerprint density at radius 1 is 0.634 bits per heavy atom. The minimum atomic E-state index is 0.237. The van der Waals surface area contributed by atoms with Gasteiger partial charge in [-0.15, -0.1) is 0 Å².